The average Bonchev–Trinajstić information content (AvgIpc) is 3.61. The number of hydrogen-bond donors (Lipinski definition) is 1. The molecule has 0 saturated carbocycles. The lowest BCUT2D eigenvalue weighted by molar-refractivity contribution is 0.473. The van der Waals surface area contributed by atoms with Crippen LogP contribution in [0.4, 0.5) is 8.78 Å². The van der Waals surface area contributed by atoms with Crippen molar-refractivity contribution in [3.63, 3.8) is 0 Å². The highest BCUT2D eigenvalue weighted by Crippen LogP contribution is 2.41. The van der Waals surface area contributed by atoms with Crippen LogP contribution in [0, 0.1) is 5.82 Å². The van der Waals surface area contributed by atoms with Crippen LogP contribution in [-0.2, 0) is 17.7 Å². The summed E-state index contributed by atoms with van der Waals surface area (Å²) in [5.74, 6) is 0.0315. The Balaban J connectivity index is 0.00000172. The van der Waals surface area contributed by atoms with Gasteiger partial charge in [-0.05, 0) is 72.5 Å². The van der Waals surface area contributed by atoms with Gasteiger partial charge >= 0.3 is 0 Å². The monoisotopic (exact) mass is 588 g/mol. The van der Waals surface area contributed by atoms with Gasteiger partial charge in [-0.2, -0.15) is 5.21 Å². The minimum absolute atomic E-state index is 0.195. The molecule has 1 atom stereocenters. The summed E-state index contributed by atoms with van der Waals surface area (Å²) in [6.07, 6.45) is 7.92. The predicted octanol–water partition coefficient (Wildman–Crippen LogP) is 8.34. The van der Waals surface area contributed by atoms with Gasteiger partial charge in [0.2, 0.25) is 5.82 Å². The van der Waals surface area contributed by atoms with Crippen LogP contribution >= 0.6 is 35.0 Å². The third-order valence-electron chi connectivity index (χ3n) is 6.47. The fourth-order valence-corrected chi connectivity index (χ4v) is 5.67. The molecule has 1 aliphatic rings. The lowest BCUT2D eigenvalue weighted by Gasteiger charge is -2.32. The summed E-state index contributed by atoms with van der Waals surface area (Å²) in [6.45, 7) is 6.55. The minimum Gasteiger partial charge on any atom is -0.318 e. The molecule has 204 valence electrons. The van der Waals surface area contributed by atoms with Crippen molar-refractivity contribution >= 4 is 35.0 Å². The van der Waals surface area contributed by atoms with Crippen molar-refractivity contribution in [3.8, 4) is 11.4 Å². The minimum atomic E-state index is -0.496. The van der Waals surface area contributed by atoms with E-state index in [1.165, 1.54) is 23.9 Å². The molecule has 0 fully saturated rings. The summed E-state index contributed by atoms with van der Waals surface area (Å²) < 4.78 is 30.8. The van der Waals surface area contributed by atoms with E-state index in [2.05, 4.69) is 32.1 Å². The molecular weight excluding hydrogens is 561 g/mol. The van der Waals surface area contributed by atoms with E-state index in [9.17, 15) is 8.78 Å². The largest absolute Gasteiger partial charge is 0.318 e. The first-order valence-corrected chi connectivity index (χ1v) is 14.3. The maximum absolute atomic E-state index is 14.4. The van der Waals surface area contributed by atoms with Crippen molar-refractivity contribution in [2.75, 3.05) is 0 Å². The Hall–Kier alpha value is -3.01. The van der Waals surface area contributed by atoms with Gasteiger partial charge in [-0.3, -0.25) is 0 Å². The van der Waals surface area contributed by atoms with Crippen molar-refractivity contribution in [1.29, 1.82) is 0 Å². The number of aromatic amines is 1. The van der Waals surface area contributed by atoms with Gasteiger partial charge in [-0.25, -0.2) is 13.8 Å². The number of halogens is 4. The topological polar surface area (TPSA) is 72.3 Å². The standard InChI is InChI=1S/C26H22Cl2F2N6S.C2H6/c1-26(17-7-8-20(27)21(28)13-17)10-2-4-18(29)5-3-11-36-23(26)14-31-25(36)37-15-16-6-9-22(30)19(12-16)24-32-34-35-33-24;1-2/h3-9,12-14H,2,10-11,15H2,1H3,(H,32,33,34,35);1-2H3/b5-3-,18-4+;. The zero-order chi connectivity index (χ0) is 28.0. The number of allylic oxidation sites excluding steroid dienone is 4. The summed E-state index contributed by atoms with van der Waals surface area (Å²) in [5, 5.41) is 15.3. The number of aromatic nitrogens is 6. The van der Waals surface area contributed by atoms with E-state index in [4.69, 9.17) is 28.2 Å². The Kier molecular flexibility index (Phi) is 9.58. The lowest BCUT2D eigenvalue weighted by atomic mass is 9.75. The fraction of sp³-hybridized carbons (Fsp3) is 0.286. The second kappa shape index (κ2) is 12.9. The molecule has 6 nitrogen and oxygen atoms in total. The molecule has 3 heterocycles. The lowest BCUT2D eigenvalue weighted by Crippen LogP contribution is -2.27. The van der Waals surface area contributed by atoms with Crippen LogP contribution < -0.4 is 0 Å². The number of rotatable bonds is 5. The maximum atomic E-state index is 14.4. The zero-order valence-corrected chi connectivity index (χ0v) is 24.1. The average molecular weight is 590 g/mol. The fourth-order valence-electron chi connectivity index (χ4n) is 4.45. The van der Waals surface area contributed by atoms with Crippen molar-refractivity contribution < 1.29 is 8.78 Å². The summed E-state index contributed by atoms with van der Waals surface area (Å²) in [5.41, 5.74) is 2.61. The van der Waals surface area contributed by atoms with Crippen molar-refractivity contribution in [3.05, 3.63) is 99.3 Å². The van der Waals surface area contributed by atoms with Gasteiger partial charge in [0.15, 0.2) is 5.16 Å². The third kappa shape index (κ3) is 6.42. The summed E-state index contributed by atoms with van der Waals surface area (Å²) >= 11 is 14.1. The first-order valence-electron chi connectivity index (χ1n) is 12.5. The van der Waals surface area contributed by atoms with Gasteiger partial charge in [-0.1, -0.05) is 67.0 Å². The van der Waals surface area contributed by atoms with Gasteiger partial charge in [0.25, 0.3) is 0 Å². The molecule has 0 radical (unpaired) electrons. The van der Waals surface area contributed by atoms with Crippen molar-refractivity contribution in [1.82, 2.24) is 30.2 Å². The molecule has 4 aromatic rings. The van der Waals surface area contributed by atoms with Gasteiger partial charge in [-0.15, -0.1) is 10.2 Å². The normalized spacial score (nSPS) is 19.3. The Morgan fingerprint density at radius 3 is 2.67 bits per heavy atom. The second-order valence-electron chi connectivity index (χ2n) is 8.87. The molecule has 0 amide bonds. The number of imidazole rings is 1. The molecule has 0 saturated heterocycles. The molecule has 2 aromatic heterocycles. The van der Waals surface area contributed by atoms with Gasteiger partial charge < -0.3 is 4.57 Å². The molecule has 1 N–H and O–H groups in total. The Labute approximate surface area is 240 Å². The Bertz CT molecular complexity index is 1490. The molecule has 0 aliphatic carbocycles. The summed E-state index contributed by atoms with van der Waals surface area (Å²) in [4.78, 5) is 4.74. The first kappa shape index (κ1) is 29.0. The second-order valence-corrected chi connectivity index (χ2v) is 10.6. The van der Waals surface area contributed by atoms with Crippen LogP contribution in [0.25, 0.3) is 11.4 Å². The predicted molar refractivity (Wildman–Crippen MR) is 153 cm³/mol. The molecule has 5 rings (SSSR count). The van der Waals surface area contributed by atoms with Gasteiger partial charge in [0.05, 0.1) is 21.8 Å². The first-order chi connectivity index (χ1) is 18.8. The van der Waals surface area contributed by atoms with E-state index in [1.807, 2.05) is 32.2 Å². The number of nitrogens with one attached hydrogen (secondary N) is 1. The number of benzene rings is 2. The maximum Gasteiger partial charge on any atom is 0.207 e. The highest BCUT2D eigenvalue weighted by molar-refractivity contribution is 7.98. The SMILES string of the molecule is CC.CC1(c2ccc(Cl)c(Cl)c2)CC/C=C(F)\C=C/Cn2c1cnc2SCc1ccc(F)c(-c2nn[nH]n2)c1. The molecule has 1 aliphatic heterocycles. The molecular formula is C28H28Cl2F2N6S. The summed E-state index contributed by atoms with van der Waals surface area (Å²) in [6, 6.07) is 10.4. The number of fused-ring (bicyclic) bond motifs is 1. The number of tetrazole rings is 1. The Morgan fingerprint density at radius 2 is 1.92 bits per heavy atom. The smallest absolute Gasteiger partial charge is 0.207 e. The number of H-pyrrole nitrogens is 1. The van der Waals surface area contributed by atoms with Gasteiger partial charge in [0.1, 0.15) is 11.6 Å². The third-order valence-corrected chi connectivity index (χ3v) is 8.28. The Morgan fingerprint density at radius 1 is 1.10 bits per heavy atom. The number of nitrogens with zero attached hydrogens (tertiary/aromatic N) is 5. The van der Waals surface area contributed by atoms with Crippen LogP contribution in [0.2, 0.25) is 10.0 Å². The van der Waals surface area contributed by atoms with E-state index in [0.29, 0.717) is 35.2 Å². The highest BCUT2D eigenvalue weighted by Gasteiger charge is 2.33. The van der Waals surface area contributed by atoms with Crippen LogP contribution in [-0.4, -0.2) is 30.2 Å². The van der Waals surface area contributed by atoms with Crippen LogP contribution in [0.5, 0.6) is 0 Å². The van der Waals surface area contributed by atoms with Crippen LogP contribution in [0.3, 0.4) is 0 Å². The molecule has 11 heteroatoms. The van der Waals surface area contributed by atoms with Crippen LogP contribution in [0.1, 0.15) is 50.4 Å². The van der Waals surface area contributed by atoms with Crippen molar-refractivity contribution in [2.24, 2.45) is 0 Å². The molecule has 2 aromatic carbocycles. The quantitative estimate of drug-likeness (QED) is 0.237. The van der Waals surface area contributed by atoms with E-state index < -0.39 is 11.2 Å². The number of thioether (sulfide) groups is 1. The van der Waals surface area contributed by atoms with E-state index in [0.717, 1.165) is 22.0 Å². The molecule has 1 unspecified atom stereocenters. The molecule has 39 heavy (non-hydrogen) atoms. The van der Waals surface area contributed by atoms with Gasteiger partial charge in [0, 0.05) is 23.4 Å². The highest BCUT2D eigenvalue weighted by atomic mass is 35.5. The number of hydrogen-bond acceptors (Lipinski definition) is 5. The van der Waals surface area contributed by atoms with E-state index in [-0.39, 0.29) is 17.2 Å². The van der Waals surface area contributed by atoms with E-state index >= 15 is 0 Å². The molecule has 0 bridgehead atoms. The summed E-state index contributed by atoms with van der Waals surface area (Å²) in [7, 11) is 0. The van der Waals surface area contributed by atoms with Crippen LogP contribution in [0.15, 0.2) is 71.8 Å². The molecule has 0 spiro atoms. The van der Waals surface area contributed by atoms with E-state index in [1.54, 1.807) is 30.4 Å². The zero-order valence-electron chi connectivity index (χ0n) is 21.8. The van der Waals surface area contributed by atoms with Crippen molar-refractivity contribution in [2.45, 2.75) is 56.5 Å².